The molecule has 0 amide bonds. The molecule has 0 atom stereocenters. The molecule has 0 bridgehead atoms. The van der Waals surface area contributed by atoms with Crippen molar-refractivity contribution in [2.75, 3.05) is 19.7 Å². The van der Waals surface area contributed by atoms with Gasteiger partial charge in [-0.3, -0.25) is 4.84 Å². The molecule has 27 heavy (non-hydrogen) atoms. The Hall–Kier alpha value is 1.21. The van der Waals surface area contributed by atoms with Crippen LogP contribution in [0, 0.1) is 0 Å². The standard InChI is InChI=1S/C22H47NO.2ClH.Ti/c1-4-7-10-13-15-17-20-23(24-22-19-12-9-6-3)21-18-16-14-11-8-5-2;;;/h4-22H2,1-3H3;2*1H;/p-2. The van der Waals surface area contributed by atoms with Crippen molar-refractivity contribution in [1.29, 1.82) is 0 Å². The zero-order valence-electron chi connectivity index (χ0n) is 18.5. The summed E-state index contributed by atoms with van der Waals surface area (Å²) in [6, 6.07) is 0. The van der Waals surface area contributed by atoms with Crippen LogP contribution in [0.3, 0.4) is 0 Å². The molecule has 0 radical (unpaired) electrons. The molecule has 0 unspecified atom stereocenters. The van der Waals surface area contributed by atoms with Gasteiger partial charge in [0.1, 0.15) is 0 Å². The van der Waals surface area contributed by atoms with Crippen LogP contribution in [0.2, 0.25) is 0 Å². The summed E-state index contributed by atoms with van der Waals surface area (Å²) in [6.45, 7) is 10.0. The molecule has 0 heterocycles. The number of nitrogens with zero attached hydrogens (tertiary/aromatic N) is 1. The summed E-state index contributed by atoms with van der Waals surface area (Å²) < 4.78 is 0. The molecule has 0 aliphatic heterocycles. The number of halogens is 2. The fourth-order valence-corrected chi connectivity index (χ4v) is 3.10. The van der Waals surface area contributed by atoms with Gasteiger partial charge in [-0.1, -0.05) is 104 Å². The maximum absolute atomic E-state index is 6.08. The smallest absolute Gasteiger partial charge is 0.0685 e. The van der Waals surface area contributed by atoms with Crippen LogP contribution in [0.1, 0.15) is 124 Å². The molecule has 0 aromatic rings. The van der Waals surface area contributed by atoms with Gasteiger partial charge in [-0.2, -0.15) is 5.06 Å². The van der Waals surface area contributed by atoms with Crippen molar-refractivity contribution in [2.24, 2.45) is 0 Å². The fraction of sp³-hybridized carbons (Fsp3) is 1.00. The van der Waals surface area contributed by atoms with Gasteiger partial charge in [0.15, 0.2) is 0 Å². The van der Waals surface area contributed by atoms with E-state index in [1.54, 1.807) is 0 Å². The largest absolute Gasteiger partial charge is 1.00 e. The number of hydrogen-bond acceptors (Lipinski definition) is 2. The minimum Gasteiger partial charge on any atom is -1.00 e. The molecule has 166 valence electrons. The molecule has 0 rings (SSSR count). The van der Waals surface area contributed by atoms with E-state index in [0.29, 0.717) is 0 Å². The van der Waals surface area contributed by atoms with Gasteiger partial charge < -0.3 is 24.8 Å². The van der Waals surface area contributed by atoms with Crippen molar-refractivity contribution >= 4 is 0 Å². The van der Waals surface area contributed by atoms with Gasteiger partial charge in [0, 0.05) is 34.8 Å². The predicted molar refractivity (Wildman–Crippen MR) is 108 cm³/mol. The van der Waals surface area contributed by atoms with E-state index in [0.717, 1.165) is 19.7 Å². The summed E-state index contributed by atoms with van der Waals surface area (Å²) in [4.78, 5) is 6.08. The molecule has 0 aliphatic carbocycles. The van der Waals surface area contributed by atoms with E-state index in [1.807, 2.05) is 0 Å². The molecule has 2 nitrogen and oxygen atoms in total. The van der Waals surface area contributed by atoms with Gasteiger partial charge in [0.25, 0.3) is 0 Å². The zero-order chi connectivity index (χ0) is 17.7. The Kier molecular flexibility index (Phi) is 42.1. The van der Waals surface area contributed by atoms with Crippen LogP contribution < -0.4 is 24.8 Å². The molecular weight excluding hydrogens is 413 g/mol. The minimum atomic E-state index is 0. The van der Waals surface area contributed by atoms with Crippen molar-refractivity contribution in [3.05, 3.63) is 0 Å². The normalized spacial score (nSPS) is 10.2. The number of rotatable bonds is 20. The zero-order valence-corrected chi connectivity index (χ0v) is 21.6. The van der Waals surface area contributed by atoms with Crippen LogP contribution in [-0.4, -0.2) is 24.8 Å². The van der Waals surface area contributed by atoms with Gasteiger partial charge >= 0.3 is 0 Å². The van der Waals surface area contributed by atoms with E-state index < -0.39 is 0 Å². The topological polar surface area (TPSA) is 12.5 Å². The Balaban J connectivity index is -0.000000882. The second-order valence-electron chi connectivity index (χ2n) is 7.36. The van der Waals surface area contributed by atoms with Crippen molar-refractivity contribution in [2.45, 2.75) is 124 Å². The molecule has 0 fully saturated rings. The average molecular weight is 460 g/mol. The molecule has 0 aliphatic rings. The molecule has 0 saturated heterocycles. The molecule has 0 saturated carbocycles. The first kappa shape index (κ1) is 35.6. The summed E-state index contributed by atoms with van der Waals surface area (Å²) >= 11 is 0. The van der Waals surface area contributed by atoms with Crippen LogP contribution in [-0.2, 0) is 26.6 Å². The van der Waals surface area contributed by atoms with Crippen LogP contribution >= 0.6 is 0 Å². The molecular formula is C22H47Cl2NOTi-2. The van der Waals surface area contributed by atoms with E-state index >= 15 is 0 Å². The number of hydrogen-bond donors (Lipinski definition) is 0. The number of unbranched alkanes of at least 4 members (excludes halogenated alkanes) is 13. The maximum Gasteiger partial charge on any atom is 0.0685 e. The van der Waals surface area contributed by atoms with E-state index in [1.165, 1.54) is 103 Å². The molecule has 0 spiro atoms. The van der Waals surface area contributed by atoms with E-state index in [9.17, 15) is 0 Å². The molecule has 0 aromatic heterocycles. The molecule has 0 N–H and O–H groups in total. The Labute approximate surface area is 199 Å². The Morgan fingerprint density at radius 2 is 0.815 bits per heavy atom. The van der Waals surface area contributed by atoms with Crippen LogP contribution in [0.25, 0.3) is 0 Å². The maximum atomic E-state index is 6.08. The SMILES string of the molecule is CCCCCCCCN(CCCCCCCC)OCCCCCC.[Cl-].[Cl-].[Ti]. The average Bonchev–Trinajstić information content (AvgIpc) is 2.60. The first-order chi connectivity index (χ1) is 11.8. The summed E-state index contributed by atoms with van der Waals surface area (Å²) in [5, 5.41) is 2.28. The van der Waals surface area contributed by atoms with Crippen molar-refractivity contribution in [3.63, 3.8) is 0 Å². The second-order valence-corrected chi connectivity index (χ2v) is 7.36. The fourth-order valence-electron chi connectivity index (χ4n) is 3.10. The first-order valence-corrected chi connectivity index (χ1v) is 11.2. The third-order valence-electron chi connectivity index (χ3n) is 4.79. The molecule has 0 aromatic carbocycles. The van der Waals surface area contributed by atoms with Crippen LogP contribution in [0.5, 0.6) is 0 Å². The van der Waals surface area contributed by atoms with Gasteiger partial charge in [-0.15, -0.1) is 0 Å². The van der Waals surface area contributed by atoms with E-state index in [2.05, 4.69) is 25.8 Å². The summed E-state index contributed by atoms with van der Waals surface area (Å²) in [5.41, 5.74) is 0. The third-order valence-corrected chi connectivity index (χ3v) is 4.79. The Morgan fingerprint density at radius 3 is 1.22 bits per heavy atom. The predicted octanol–water partition coefficient (Wildman–Crippen LogP) is 1.53. The second kappa shape index (κ2) is 31.9. The number of hydroxylamine groups is 2. The Morgan fingerprint density at radius 1 is 0.481 bits per heavy atom. The van der Waals surface area contributed by atoms with Gasteiger partial charge in [0.2, 0.25) is 0 Å². The van der Waals surface area contributed by atoms with Crippen LogP contribution in [0.15, 0.2) is 0 Å². The van der Waals surface area contributed by atoms with E-state index in [-0.39, 0.29) is 46.5 Å². The molecule has 5 heteroatoms. The quantitative estimate of drug-likeness (QED) is 0.155. The Bertz CT molecular complexity index is 220. The van der Waals surface area contributed by atoms with Gasteiger partial charge in [0.05, 0.1) is 6.61 Å². The monoisotopic (exact) mass is 459 g/mol. The third kappa shape index (κ3) is 29.5. The summed E-state index contributed by atoms with van der Waals surface area (Å²) in [6.07, 6.45) is 21.6. The van der Waals surface area contributed by atoms with Crippen molar-refractivity contribution in [1.82, 2.24) is 5.06 Å². The van der Waals surface area contributed by atoms with Crippen LogP contribution in [0.4, 0.5) is 0 Å². The van der Waals surface area contributed by atoms with Crippen molar-refractivity contribution < 1.29 is 51.4 Å². The minimum absolute atomic E-state index is 0. The summed E-state index contributed by atoms with van der Waals surface area (Å²) in [5.74, 6) is 0. The first-order valence-electron chi connectivity index (χ1n) is 11.2. The summed E-state index contributed by atoms with van der Waals surface area (Å²) in [7, 11) is 0. The van der Waals surface area contributed by atoms with E-state index in [4.69, 9.17) is 4.84 Å². The van der Waals surface area contributed by atoms with Crippen molar-refractivity contribution in [3.8, 4) is 0 Å². The van der Waals surface area contributed by atoms with Gasteiger partial charge in [-0.05, 0) is 19.3 Å². The van der Waals surface area contributed by atoms with Gasteiger partial charge in [-0.25, -0.2) is 0 Å².